The maximum absolute atomic E-state index is 14.6. The maximum atomic E-state index is 14.6. The van der Waals surface area contributed by atoms with Crippen molar-refractivity contribution in [2.45, 2.75) is 161 Å². The number of aliphatic imine (C=N–C) groups is 1. The fourth-order valence-corrected chi connectivity index (χ4v) is 10.9. The smallest absolute Gasteiger partial charge is 0.246 e. The fraction of sp³-hybridized carbons (Fsp3) is 0.500. The molecule has 10 atom stereocenters. The second-order valence-corrected chi connectivity index (χ2v) is 24.3. The van der Waals surface area contributed by atoms with Crippen LogP contribution in [-0.2, 0) is 72.0 Å². The van der Waals surface area contributed by atoms with Crippen LogP contribution in [0.2, 0.25) is 0 Å². The Hall–Kier alpha value is -9.04. The number of phenols is 1. The van der Waals surface area contributed by atoms with Gasteiger partial charge in [0, 0.05) is 88.6 Å². The summed E-state index contributed by atoms with van der Waals surface area (Å²) in [7, 11) is 1.50. The number of ketones is 3. The maximum Gasteiger partial charge on any atom is 0.246 e. The average Bonchev–Trinajstić information content (AvgIpc) is 1.88. The Labute approximate surface area is 523 Å². The number of hydrogen-bond donors (Lipinski definition) is 13. The number of benzene rings is 3. The van der Waals surface area contributed by atoms with Crippen LogP contribution in [0.1, 0.15) is 110 Å². The summed E-state index contributed by atoms with van der Waals surface area (Å²) in [6, 6.07) is 13.8. The predicted octanol–water partition coefficient (Wildman–Crippen LogP) is 0.545. The summed E-state index contributed by atoms with van der Waals surface area (Å²) in [5, 5.41) is 48.6. The van der Waals surface area contributed by atoms with E-state index in [1.165, 1.54) is 59.0 Å². The van der Waals surface area contributed by atoms with Crippen molar-refractivity contribution >= 4 is 81.5 Å². The van der Waals surface area contributed by atoms with Gasteiger partial charge in [0.25, 0.3) is 0 Å². The first-order valence-electron chi connectivity index (χ1n) is 30.1. The normalized spacial score (nSPS) is 16.9. The lowest BCUT2D eigenvalue weighted by atomic mass is 9.82. The van der Waals surface area contributed by atoms with Crippen molar-refractivity contribution in [3.8, 4) is 5.75 Å². The van der Waals surface area contributed by atoms with Crippen molar-refractivity contribution < 1.29 is 68.1 Å². The minimum Gasteiger partial charge on any atom is -0.508 e. The van der Waals surface area contributed by atoms with Crippen molar-refractivity contribution in [1.82, 2.24) is 41.8 Å². The van der Waals surface area contributed by atoms with Gasteiger partial charge in [0.2, 0.25) is 47.3 Å². The molecule has 0 aliphatic carbocycles. The summed E-state index contributed by atoms with van der Waals surface area (Å²) in [4.78, 5) is 160. The lowest BCUT2D eigenvalue weighted by Gasteiger charge is -2.30. The van der Waals surface area contributed by atoms with Gasteiger partial charge in [-0.2, -0.15) is 0 Å². The van der Waals surface area contributed by atoms with Crippen LogP contribution in [0.5, 0.6) is 5.75 Å². The highest BCUT2D eigenvalue weighted by Crippen LogP contribution is 2.27. The molecular formula is C64H88N12O14. The zero-order valence-corrected chi connectivity index (χ0v) is 52.1. The van der Waals surface area contributed by atoms with E-state index in [4.69, 9.17) is 17.2 Å². The number of phenolic OH excluding ortho intramolecular Hbond substituents is 1. The SMILES string of the molecule is CN=C(N)NCCC[C@H](CC(=O)[C@H](CC(C)C)NC(=O)C(C)(C)CC(=O)[C@H](Cc1ccccc1)NC(=O)[C@@H](CC(=O)[C@H](CC(N)=O)NC(=O)[C@@H]1C[C@@H](O)CN1C(=O)[C@@H](Cc1ccc(O)cc1)NC(C)=O)[C@@H](C)O)C(=O)N[C@@H](Cc1c[nH]c2ccccc12)C(N)=O. The van der Waals surface area contributed by atoms with Crippen LogP contribution in [0.3, 0.4) is 0 Å². The summed E-state index contributed by atoms with van der Waals surface area (Å²) in [6.45, 7) is 9.01. The third-order valence-corrected chi connectivity index (χ3v) is 15.8. The van der Waals surface area contributed by atoms with Crippen LogP contribution >= 0.6 is 0 Å². The van der Waals surface area contributed by atoms with Gasteiger partial charge < -0.3 is 74.3 Å². The van der Waals surface area contributed by atoms with Crippen LogP contribution < -0.4 is 49.1 Å². The number of fused-ring (bicyclic) bond motifs is 1. The number of likely N-dealkylation sites (tertiary alicyclic amines) is 1. The first-order chi connectivity index (χ1) is 42.5. The van der Waals surface area contributed by atoms with E-state index < -0.39 is 150 Å². The number of aliphatic hydroxyl groups excluding tert-OH is 2. The number of β-amino-alcohol motifs (C(OH)–C–C–N with tert-alkyl or cyclic N) is 1. The third kappa shape index (κ3) is 21.6. The van der Waals surface area contributed by atoms with E-state index in [-0.39, 0.29) is 69.1 Å². The first kappa shape index (κ1) is 71.7. The van der Waals surface area contributed by atoms with Gasteiger partial charge in [-0.15, -0.1) is 0 Å². The van der Waals surface area contributed by atoms with E-state index >= 15 is 0 Å². The number of carbonyl (C=O) groups excluding carboxylic acids is 11. The number of nitrogens with two attached hydrogens (primary N) is 3. The zero-order chi connectivity index (χ0) is 66.6. The Bertz CT molecular complexity index is 3220. The molecule has 1 aromatic heterocycles. The van der Waals surface area contributed by atoms with Crippen LogP contribution in [0, 0.1) is 23.2 Å². The highest BCUT2D eigenvalue weighted by Gasteiger charge is 2.44. The van der Waals surface area contributed by atoms with Crippen LogP contribution in [0.4, 0.5) is 0 Å². The highest BCUT2D eigenvalue weighted by atomic mass is 16.3. The van der Waals surface area contributed by atoms with Gasteiger partial charge in [0.15, 0.2) is 23.3 Å². The largest absolute Gasteiger partial charge is 0.508 e. The summed E-state index contributed by atoms with van der Waals surface area (Å²) in [6.07, 6.45) is -3.30. The van der Waals surface area contributed by atoms with E-state index in [2.05, 4.69) is 41.9 Å². The summed E-state index contributed by atoms with van der Waals surface area (Å²) < 4.78 is 0. The molecule has 2 heterocycles. The number of Topliss-reactive ketones (excluding diaryl/α,β-unsaturated/α-hetero) is 3. The molecule has 0 unspecified atom stereocenters. The highest BCUT2D eigenvalue weighted by molar-refractivity contribution is 6.00. The van der Waals surface area contributed by atoms with Gasteiger partial charge in [-0.25, -0.2) is 0 Å². The number of aromatic amines is 1. The number of amides is 8. The molecule has 488 valence electrons. The fourth-order valence-electron chi connectivity index (χ4n) is 10.9. The topological polar surface area (TPSA) is 430 Å². The van der Waals surface area contributed by atoms with Crippen LogP contribution in [0.25, 0.3) is 10.9 Å². The summed E-state index contributed by atoms with van der Waals surface area (Å²) in [5.74, 6) is -11.2. The van der Waals surface area contributed by atoms with Crippen molar-refractivity contribution in [3.63, 3.8) is 0 Å². The summed E-state index contributed by atoms with van der Waals surface area (Å²) >= 11 is 0. The van der Waals surface area contributed by atoms with Gasteiger partial charge >= 0.3 is 0 Å². The first-order valence-corrected chi connectivity index (χ1v) is 30.1. The van der Waals surface area contributed by atoms with Crippen LogP contribution in [-0.4, -0.2) is 164 Å². The number of aromatic nitrogens is 1. The molecule has 26 nitrogen and oxygen atoms in total. The molecule has 4 aromatic rings. The Morgan fingerprint density at radius 3 is 1.96 bits per heavy atom. The minimum absolute atomic E-state index is 0.0385. The molecule has 3 aromatic carbocycles. The van der Waals surface area contributed by atoms with Gasteiger partial charge in [0.1, 0.15) is 23.9 Å². The Morgan fingerprint density at radius 2 is 1.33 bits per heavy atom. The van der Waals surface area contributed by atoms with E-state index in [0.717, 1.165) is 21.4 Å². The molecule has 1 fully saturated rings. The van der Waals surface area contributed by atoms with Crippen LogP contribution in [0.15, 0.2) is 90.1 Å². The monoisotopic (exact) mass is 1250 g/mol. The number of guanidine groups is 1. The molecule has 26 heteroatoms. The van der Waals surface area contributed by atoms with Gasteiger partial charge in [-0.05, 0) is 73.4 Å². The lowest BCUT2D eigenvalue weighted by Crippen LogP contribution is -2.56. The number of nitrogens with one attached hydrogen (secondary N) is 7. The molecule has 16 N–H and O–H groups in total. The molecule has 0 saturated carbocycles. The number of carbonyl (C=O) groups is 11. The Balaban J connectivity index is 1.32. The molecule has 0 radical (unpaired) electrons. The molecule has 0 spiro atoms. The minimum atomic E-state index is -1.71. The average molecular weight is 1250 g/mol. The molecule has 0 bridgehead atoms. The molecule has 90 heavy (non-hydrogen) atoms. The molecule has 1 aliphatic heterocycles. The number of nitrogens with zero attached hydrogens (tertiary/aromatic N) is 2. The Morgan fingerprint density at radius 1 is 0.711 bits per heavy atom. The number of primary amides is 2. The number of hydrogen-bond acceptors (Lipinski definition) is 15. The van der Waals surface area contributed by atoms with Crippen molar-refractivity contribution in [3.05, 3.63) is 102 Å². The second kappa shape index (κ2) is 33.5. The number of para-hydroxylation sites is 1. The number of H-pyrrole nitrogens is 1. The predicted molar refractivity (Wildman–Crippen MR) is 334 cm³/mol. The van der Waals surface area contributed by atoms with E-state index in [9.17, 15) is 68.1 Å². The quantitative estimate of drug-likeness (QED) is 0.0170. The van der Waals surface area contributed by atoms with E-state index in [1.807, 2.05) is 38.1 Å². The Kier molecular flexibility index (Phi) is 26.7. The van der Waals surface area contributed by atoms with E-state index in [0.29, 0.717) is 24.1 Å². The van der Waals surface area contributed by atoms with Crippen molar-refractivity contribution in [2.24, 2.45) is 45.4 Å². The molecule has 8 amide bonds. The zero-order valence-electron chi connectivity index (χ0n) is 52.1. The molecule has 5 rings (SSSR count). The van der Waals surface area contributed by atoms with Gasteiger partial charge in [-0.1, -0.05) is 88.4 Å². The molecule has 1 saturated heterocycles. The number of rotatable bonds is 35. The second-order valence-electron chi connectivity index (χ2n) is 24.3. The number of aliphatic hydroxyl groups is 2. The van der Waals surface area contributed by atoms with Crippen molar-refractivity contribution in [1.29, 1.82) is 0 Å². The van der Waals surface area contributed by atoms with Crippen molar-refractivity contribution in [2.75, 3.05) is 20.1 Å². The van der Waals surface area contributed by atoms with Gasteiger partial charge in [-0.3, -0.25) is 57.7 Å². The standard InChI is InChI=1S/C64H88N12O14/c1-35(2)24-47(53(81)28-40(16-13-23-69-63(67)68-7)58(86)74-50(57(66)85)27-41-33-70-46-18-12-11-17-44(41)46)75-62(90)64(5,6)32-55(83)48(25-38-14-9-8-10-15-38)72-59(87)45(36(3)77)30-54(82)49(31-56(65)84)73-60(88)52-29-43(80)34-76(52)61(89)51(71-37(4)78)26-39-19-21-42(79)22-20-39/h8-12,14-15,17-22,33,35-36,40,43,45,47-52,70,77,79-80H,13,16,23-32,34H2,1-7H3,(H2,65,84)(H2,66,85)(H,71,78)(H,72,87)(H,73,88)(H,74,86)(H,75,90)(H3,67,68,69)/t36-,40-,43-,45+,47+,48+,49+,50+,51-,52+/m1/s1. The number of aromatic hydroxyl groups is 1. The van der Waals surface area contributed by atoms with E-state index in [1.54, 1.807) is 36.5 Å². The summed E-state index contributed by atoms with van der Waals surface area (Å²) in [5.41, 5.74) is 18.3. The lowest BCUT2D eigenvalue weighted by molar-refractivity contribution is -0.142. The molecule has 1 aliphatic rings. The third-order valence-electron chi connectivity index (χ3n) is 15.8. The molecular weight excluding hydrogens is 1160 g/mol. The van der Waals surface area contributed by atoms with Gasteiger partial charge in [0.05, 0.1) is 48.1 Å².